The second-order valence-corrected chi connectivity index (χ2v) is 4.57. The van der Waals surface area contributed by atoms with E-state index >= 15 is 0 Å². The van der Waals surface area contributed by atoms with Crippen molar-refractivity contribution in [1.29, 1.82) is 0 Å². The van der Waals surface area contributed by atoms with Crippen molar-refractivity contribution in [3.63, 3.8) is 0 Å². The van der Waals surface area contributed by atoms with Gasteiger partial charge < -0.3 is 5.32 Å². The van der Waals surface area contributed by atoms with Gasteiger partial charge in [0.05, 0.1) is 6.54 Å². The third kappa shape index (κ3) is 3.40. The van der Waals surface area contributed by atoms with E-state index in [0.29, 0.717) is 17.7 Å². The maximum atomic E-state index is 13.1. The number of halogens is 1. The molecule has 1 amide bonds. The summed E-state index contributed by atoms with van der Waals surface area (Å²) in [6.07, 6.45) is 3.53. The molecule has 2 rings (SSSR count). The van der Waals surface area contributed by atoms with E-state index in [4.69, 9.17) is 0 Å². The molecule has 1 aromatic heterocycles. The van der Waals surface area contributed by atoms with E-state index in [1.807, 2.05) is 19.2 Å². The normalized spacial score (nSPS) is 12.2. The lowest BCUT2D eigenvalue weighted by molar-refractivity contribution is 0.0936. The summed E-state index contributed by atoms with van der Waals surface area (Å²) in [6.45, 7) is 4.13. The molecule has 2 aromatic rings. The Labute approximate surface area is 111 Å². The Morgan fingerprint density at radius 3 is 2.95 bits per heavy atom. The van der Waals surface area contributed by atoms with Crippen molar-refractivity contribution in [2.75, 3.05) is 0 Å². The average molecular weight is 261 g/mol. The number of nitrogens with one attached hydrogen (secondary N) is 1. The molecule has 4 nitrogen and oxygen atoms in total. The van der Waals surface area contributed by atoms with Crippen LogP contribution in [0.15, 0.2) is 36.7 Å². The van der Waals surface area contributed by atoms with E-state index in [2.05, 4.69) is 10.4 Å². The van der Waals surface area contributed by atoms with Crippen LogP contribution in [0, 0.1) is 12.7 Å². The molecule has 1 atom stereocenters. The number of amides is 1. The van der Waals surface area contributed by atoms with Crippen molar-refractivity contribution >= 4 is 5.91 Å². The lowest BCUT2D eigenvalue weighted by atomic mass is 10.1. The fourth-order valence-electron chi connectivity index (χ4n) is 1.83. The molecule has 0 saturated carbocycles. The third-order valence-electron chi connectivity index (χ3n) is 2.82. The average Bonchev–Trinajstić information content (AvgIpc) is 2.85. The monoisotopic (exact) mass is 261 g/mol. The SMILES string of the molecule is Cc1cc(C(=O)NC(C)Cn2cccn2)ccc1F. The first-order valence-corrected chi connectivity index (χ1v) is 6.10. The van der Waals surface area contributed by atoms with Crippen LogP contribution >= 0.6 is 0 Å². The Morgan fingerprint density at radius 1 is 1.53 bits per heavy atom. The van der Waals surface area contributed by atoms with Gasteiger partial charge in [0.2, 0.25) is 0 Å². The number of aryl methyl sites for hydroxylation is 1. The number of benzene rings is 1. The number of nitrogens with zero attached hydrogens (tertiary/aromatic N) is 2. The maximum Gasteiger partial charge on any atom is 0.251 e. The minimum Gasteiger partial charge on any atom is -0.348 e. The van der Waals surface area contributed by atoms with Crippen LogP contribution in [-0.2, 0) is 6.54 Å². The predicted molar refractivity (Wildman–Crippen MR) is 70.3 cm³/mol. The predicted octanol–water partition coefficient (Wildman–Crippen LogP) is 2.15. The number of rotatable bonds is 4. The van der Waals surface area contributed by atoms with Gasteiger partial charge in [0.1, 0.15) is 5.82 Å². The number of hydrogen-bond acceptors (Lipinski definition) is 2. The molecular formula is C14H16FN3O. The van der Waals surface area contributed by atoms with Gasteiger partial charge in [0.15, 0.2) is 0 Å². The number of carbonyl (C=O) groups is 1. The number of carbonyl (C=O) groups excluding carboxylic acids is 1. The topological polar surface area (TPSA) is 46.9 Å². The van der Waals surface area contributed by atoms with Crippen LogP contribution in [0.25, 0.3) is 0 Å². The lowest BCUT2D eigenvalue weighted by Gasteiger charge is -2.14. The Bertz CT molecular complexity index is 566. The highest BCUT2D eigenvalue weighted by atomic mass is 19.1. The molecule has 0 spiro atoms. The molecule has 0 aliphatic heterocycles. The van der Waals surface area contributed by atoms with Crippen molar-refractivity contribution < 1.29 is 9.18 Å². The first-order valence-electron chi connectivity index (χ1n) is 6.10. The molecule has 0 fully saturated rings. The smallest absolute Gasteiger partial charge is 0.251 e. The van der Waals surface area contributed by atoms with Gasteiger partial charge in [-0.2, -0.15) is 5.10 Å². The van der Waals surface area contributed by atoms with Gasteiger partial charge >= 0.3 is 0 Å². The number of aromatic nitrogens is 2. The van der Waals surface area contributed by atoms with Crippen molar-refractivity contribution in [1.82, 2.24) is 15.1 Å². The van der Waals surface area contributed by atoms with Gasteiger partial charge in [-0.3, -0.25) is 9.48 Å². The van der Waals surface area contributed by atoms with Crippen LogP contribution in [0.3, 0.4) is 0 Å². The van der Waals surface area contributed by atoms with Crippen LogP contribution in [0.4, 0.5) is 4.39 Å². The van der Waals surface area contributed by atoms with Crippen LogP contribution in [0.1, 0.15) is 22.8 Å². The Morgan fingerprint density at radius 2 is 2.32 bits per heavy atom. The summed E-state index contributed by atoms with van der Waals surface area (Å²) in [6, 6.07) is 6.11. The van der Waals surface area contributed by atoms with Crippen molar-refractivity contribution in [3.8, 4) is 0 Å². The minimum absolute atomic E-state index is 0.0576. The summed E-state index contributed by atoms with van der Waals surface area (Å²) in [5, 5.41) is 6.94. The van der Waals surface area contributed by atoms with Crippen molar-refractivity contribution in [2.24, 2.45) is 0 Å². The summed E-state index contributed by atoms with van der Waals surface area (Å²) in [5.74, 6) is -0.510. The maximum absolute atomic E-state index is 13.1. The number of hydrogen-bond donors (Lipinski definition) is 1. The van der Waals surface area contributed by atoms with Crippen LogP contribution in [0.2, 0.25) is 0 Å². The van der Waals surface area contributed by atoms with E-state index < -0.39 is 0 Å². The Hall–Kier alpha value is -2.17. The van der Waals surface area contributed by atoms with E-state index in [9.17, 15) is 9.18 Å². The highest BCUT2D eigenvalue weighted by Gasteiger charge is 2.11. The molecule has 0 bridgehead atoms. The van der Waals surface area contributed by atoms with Gasteiger partial charge in [-0.05, 0) is 43.7 Å². The summed E-state index contributed by atoms with van der Waals surface area (Å²) >= 11 is 0. The molecule has 5 heteroatoms. The second-order valence-electron chi connectivity index (χ2n) is 4.57. The fraction of sp³-hybridized carbons (Fsp3) is 0.286. The molecule has 1 heterocycles. The molecule has 100 valence electrons. The molecular weight excluding hydrogens is 245 g/mol. The zero-order valence-electron chi connectivity index (χ0n) is 10.9. The molecule has 19 heavy (non-hydrogen) atoms. The van der Waals surface area contributed by atoms with Gasteiger partial charge in [0.25, 0.3) is 5.91 Å². The Balaban J connectivity index is 1.98. The van der Waals surface area contributed by atoms with Crippen molar-refractivity contribution in [2.45, 2.75) is 26.4 Å². The first kappa shape index (κ1) is 13.3. The lowest BCUT2D eigenvalue weighted by Crippen LogP contribution is -2.35. The van der Waals surface area contributed by atoms with E-state index in [0.717, 1.165) is 0 Å². The van der Waals surface area contributed by atoms with Gasteiger partial charge in [-0.15, -0.1) is 0 Å². The van der Waals surface area contributed by atoms with Gasteiger partial charge in [-0.25, -0.2) is 4.39 Å². The van der Waals surface area contributed by atoms with Crippen LogP contribution in [-0.4, -0.2) is 21.7 Å². The second kappa shape index (κ2) is 5.65. The van der Waals surface area contributed by atoms with Crippen LogP contribution < -0.4 is 5.32 Å². The van der Waals surface area contributed by atoms with E-state index in [-0.39, 0.29) is 17.8 Å². The standard InChI is InChI=1S/C14H16FN3O/c1-10-8-12(4-5-13(10)15)14(19)17-11(2)9-18-7-3-6-16-18/h3-8,11H,9H2,1-2H3,(H,17,19). The molecule has 0 aliphatic rings. The first-order chi connectivity index (χ1) is 9.06. The van der Waals surface area contributed by atoms with Crippen LogP contribution in [0.5, 0.6) is 0 Å². The fourth-order valence-corrected chi connectivity index (χ4v) is 1.83. The molecule has 0 aliphatic carbocycles. The summed E-state index contributed by atoms with van der Waals surface area (Å²) in [5.41, 5.74) is 0.929. The highest BCUT2D eigenvalue weighted by molar-refractivity contribution is 5.94. The Kier molecular flexibility index (Phi) is 3.94. The molecule has 1 unspecified atom stereocenters. The zero-order chi connectivity index (χ0) is 13.8. The molecule has 1 aromatic carbocycles. The van der Waals surface area contributed by atoms with Crippen molar-refractivity contribution in [3.05, 3.63) is 53.6 Å². The quantitative estimate of drug-likeness (QED) is 0.916. The summed E-state index contributed by atoms with van der Waals surface area (Å²) in [4.78, 5) is 12.0. The molecule has 1 N–H and O–H groups in total. The van der Waals surface area contributed by atoms with Gasteiger partial charge in [-0.1, -0.05) is 0 Å². The largest absolute Gasteiger partial charge is 0.348 e. The zero-order valence-corrected chi connectivity index (χ0v) is 10.9. The van der Waals surface area contributed by atoms with E-state index in [1.54, 1.807) is 23.9 Å². The van der Waals surface area contributed by atoms with Gasteiger partial charge in [0, 0.05) is 24.0 Å². The summed E-state index contributed by atoms with van der Waals surface area (Å²) < 4.78 is 14.9. The van der Waals surface area contributed by atoms with E-state index in [1.165, 1.54) is 12.1 Å². The molecule has 0 radical (unpaired) electrons. The highest BCUT2D eigenvalue weighted by Crippen LogP contribution is 2.09. The minimum atomic E-state index is -0.305. The summed E-state index contributed by atoms with van der Waals surface area (Å²) in [7, 11) is 0. The third-order valence-corrected chi connectivity index (χ3v) is 2.82. The molecule has 0 saturated heterocycles.